The molecule has 0 N–H and O–H groups in total. The van der Waals surface area contributed by atoms with Crippen molar-refractivity contribution in [2.24, 2.45) is 0 Å². The molecule has 0 aliphatic heterocycles. The summed E-state index contributed by atoms with van der Waals surface area (Å²) in [6.07, 6.45) is 2.07. The van der Waals surface area contributed by atoms with Crippen LogP contribution >= 0.6 is 15.9 Å². The maximum absolute atomic E-state index is 5.80. The molecule has 0 unspecified atom stereocenters. The van der Waals surface area contributed by atoms with Crippen LogP contribution in [0.3, 0.4) is 0 Å². The predicted molar refractivity (Wildman–Crippen MR) is 88.0 cm³/mol. The van der Waals surface area contributed by atoms with Gasteiger partial charge in [-0.15, -0.1) is 0 Å². The minimum atomic E-state index is 0.424. The number of aromatic nitrogens is 2. The Morgan fingerprint density at radius 2 is 1.90 bits per heavy atom. The molecule has 2 heterocycles. The molecule has 1 aromatic carbocycles. The van der Waals surface area contributed by atoms with Gasteiger partial charge in [-0.2, -0.15) is 0 Å². The maximum atomic E-state index is 5.80. The van der Waals surface area contributed by atoms with Crippen molar-refractivity contribution in [3.63, 3.8) is 0 Å². The van der Waals surface area contributed by atoms with E-state index in [1.165, 1.54) is 0 Å². The van der Waals surface area contributed by atoms with Gasteiger partial charge in [0.15, 0.2) is 5.82 Å². The summed E-state index contributed by atoms with van der Waals surface area (Å²) in [6.45, 7) is 0.424. The smallest absolute Gasteiger partial charge is 0.152 e. The lowest BCUT2D eigenvalue weighted by molar-refractivity contribution is 0.295. The van der Waals surface area contributed by atoms with Crippen molar-refractivity contribution >= 4 is 27.1 Å². The zero-order valence-corrected chi connectivity index (χ0v) is 13.5. The van der Waals surface area contributed by atoms with E-state index in [1.54, 1.807) is 0 Å². The highest BCUT2D eigenvalue weighted by molar-refractivity contribution is 9.10. The summed E-state index contributed by atoms with van der Waals surface area (Å²) in [4.78, 5) is 6.61. The molecule has 0 aliphatic rings. The van der Waals surface area contributed by atoms with Crippen molar-refractivity contribution in [2.75, 3.05) is 19.0 Å². The third kappa shape index (κ3) is 2.88. The lowest BCUT2D eigenvalue weighted by Crippen LogP contribution is -2.10. The van der Waals surface area contributed by atoms with Gasteiger partial charge in [-0.1, -0.05) is 18.2 Å². The number of ether oxygens (including phenoxy) is 1. The first kappa shape index (κ1) is 13.9. The van der Waals surface area contributed by atoms with Crippen LogP contribution in [0, 0.1) is 0 Å². The van der Waals surface area contributed by atoms with Crippen molar-refractivity contribution in [3.8, 4) is 5.75 Å². The zero-order chi connectivity index (χ0) is 14.8. The van der Waals surface area contributed by atoms with Crippen LogP contribution in [0.5, 0.6) is 5.75 Å². The van der Waals surface area contributed by atoms with E-state index in [1.807, 2.05) is 44.4 Å². The molecule has 0 saturated carbocycles. The van der Waals surface area contributed by atoms with Gasteiger partial charge in [0.05, 0.1) is 11.2 Å². The largest absolute Gasteiger partial charge is 0.486 e. The van der Waals surface area contributed by atoms with Crippen molar-refractivity contribution < 1.29 is 4.74 Å². The lowest BCUT2D eigenvalue weighted by Gasteiger charge is -2.13. The number of imidazole rings is 1. The summed E-state index contributed by atoms with van der Waals surface area (Å²) in [5.41, 5.74) is 2.15. The molecule has 108 valence electrons. The van der Waals surface area contributed by atoms with E-state index in [9.17, 15) is 0 Å². The second-order valence-corrected chi connectivity index (χ2v) is 5.71. The third-order valence-electron chi connectivity index (χ3n) is 3.28. The number of para-hydroxylation sites is 1. The average Bonchev–Trinajstić information content (AvgIpc) is 2.82. The summed E-state index contributed by atoms with van der Waals surface area (Å²) in [7, 11) is 4.04. The molecule has 3 aromatic rings. The molecule has 0 amide bonds. The summed E-state index contributed by atoms with van der Waals surface area (Å²) in [5.74, 6) is 1.71. The highest BCUT2D eigenvalue weighted by atomic mass is 79.9. The van der Waals surface area contributed by atoms with Gasteiger partial charge >= 0.3 is 0 Å². The number of benzene rings is 1. The van der Waals surface area contributed by atoms with Crippen LogP contribution < -0.4 is 9.64 Å². The Labute approximate surface area is 132 Å². The lowest BCUT2D eigenvalue weighted by atomic mass is 10.3. The molecule has 0 saturated heterocycles. The summed E-state index contributed by atoms with van der Waals surface area (Å²) >= 11 is 3.50. The number of hydrogen-bond donors (Lipinski definition) is 0. The fourth-order valence-corrected chi connectivity index (χ4v) is 2.65. The van der Waals surface area contributed by atoms with E-state index >= 15 is 0 Å². The van der Waals surface area contributed by atoms with Gasteiger partial charge < -0.3 is 9.64 Å². The van der Waals surface area contributed by atoms with E-state index in [0.717, 1.165) is 27.4 Å². The topological polar surface area (TPSA) is 29.8 Å². The van der Waals surface area contributed by atoms with Crippen LogP contribution in [-0.4, -0.2) is 23.5 Å². The second kappa shape index (κ2) is 5.77. The number of fused-ring (bicyclic) bond motifs is 1. The Balaban J connectivity index is 1.92. The minimum Gasteiger partial charge on any atom is -0.486 e. The van der Waals surface area contributed by atoms with Crippen molar-refractivity contribution in [1.82, 2.24) is 9.38 Å². The van der Waals surface area contributed by atoms with E-state index in [2.05, 4.69) is 48.5 Å². The number of pyridine rings is 1. The number of anilines is 1. The Morgan fingerprint density at radius 3 is 2.62 bits per heavy atom. The summed E-state index contributed by atoms with van der Waals surface area (Å²) < 4.78 is 8.69. The van der Waals surface area contributed by atoms with E-state index in [4.69, 9.17) is 4.74 Å². The highest BCUT2D eigenvalue weighted by Crippen LogP contribution is 2.23. The molecule has 0 radical (unpaired) electrons. The standard InChI is InChI=1S/C16H16BrN3O/c1-19(2)12-8-9-14-16(17)18-15(20(14)10-12)11-21-13-6-4-3-5-7-13/h3-10H,11H2,1-2H3. The van der Waals surface area contributed by atoms with Crippen LogP contribution in [0.1, 0.15) is 5.82 Å². The number of hydrogen-bond acceptors (Lipinski definition) is 3. The number of halogens is 1. The van der Waals surface area contributed by atoms with E-state index < -0.39 is 0 Å². The van der Waals surface area contributed by atoms with Crippen LogP contribution in [-0.2, 0) is 6.61 Å². The van der Waals surface area contributed by atoms with Crippen LogP contribution in [0.25, 0.3) is 5.52 Å². The molecular weight excluding hydrogens is 330 g/mol. The normalized spacial score (nSPS) is 10.8. The van der Waals surface area contributed by atoms with Crippen LogP contribution in [0.15, 0.2) is 53.3 Å². The van der Waals surface area contributed by atoms with Gasteiger partial charge in [-0.3, -0.25) is 4.40 Å². The molecule has 0 aliphatic carbocycles. The minimum absolute atomic E-state index is 0.424. The molecule has 0 atom stereocenters. The molecule has 2 aromatic heterocycles. The van der Waals surface area contributed by atoms with Crippen LogP contribution in [0.2, 0.25) is 0 Å². The zero-order valence-electron chi connectivity index (χ0n) is 12.0. The van der Waals surface area contributed by atoms with E-state index in [-0.39, 0.29) is 0 Å². The van der Waals surface area contributed by atoms with Gasteiger partial charge in [0, 0.05) is 20.3 Å². The molecule has 21 heavy (non-hydrogen) atoms. The van der Waals surface area contributed by atoms with Gasteiger partial charge in [0.1, 0.15) is 17.0 Å². The Kier molecular flexibility index (Phi) is 3.84. The van der Waals surface area contributed by atoms with Crippen molar-refractivity contribution in [3.05, 3.63) is 59.1 Å². The third-order valence-corrected chi connectivity index (χ3v) is 3.86. The molecule has 0 bridgehead atoms. The Morgan fingerprint density at radius 1 is 1.14 bits per heavy atom. The van der Waals surface area contributed by atoms with Gasteiger partial charge in [0.25, 0.3) is 0 Å². The fourth-order valence-electron chi connectivity index (χ4n) is 2.13. The van der Waals surface area contributed by atoms with Gasteiger partial charge in [0.2, 0.25) is 0 Å². The average molecular weight is 346 g/mol. The summed E-state index contributed by atoms with van der Waals surface area (Å²) in [6, 6.07) is 13.9. The monoisotopic (exact) mass is 345 g/mol. The molecule has 3 rings (SSSR count). The molecule has 5 heteroatoms. The first-order chi connectivity index (χ1) is 10.1. The predicted octanol–water partition coefficient (Wildman–Crippen LogP) is 3.74. The second-order valence-electron chi connectivity index (χ2n) is 4.96. The molecule has 0 spiro atoms. The fraction of sp³-hybridized carbons (Fsp3) is 0.188. The Bertz CT molecular complexity index is 753. The maximum Gasteiger partial charge on any atom is 0.152 e. The molecule has 0 fully saturated rings. The van der Waals surface area contributed by atoms with Gasteiger partial charge in [-0.05, 0) is 40.2 Å². The van der Waals surface area contributed by atoms with Crippen molar-refractivity contribution in [1.29, 1.82) is 0 Å². The van der Waals surface area contributed by atoms with Crippen molar-refractivity contribution in [2.45, 2.75) is 6.61 Å². The quantitative estimate of drug-likeness (QED) is 0.721. The summed E-state index contributed by atoms with van der Waals surface area (Å²) in [5, 5.41) is 0. The number of nitrogens with zero attached hydrogens (tertiary/aromatic N) is 3. The Hall–Kier alpha value is -2.01. The van der Waals surface area contributed by atoms with E-state index in [0.29, 0.717) is 6.61 Å². The van der Waals surface area contributed by atoms with Crippen LogP contribution in [0.4, 0.5) is 5.69 Å². The molecule has 4 nitrogen and oxygen atoms in total. The highest BCUT2D eigenvalue weighted by Gasteiger charge is 2.10. The molecular formula is C16H16BrN3O. The first-order valence-electron chi connectivity index (χ1n) is 6.67. The number of rotatable bonds is 4. The SMILES string of the molecule is CN(C)c1ccc2c(Br)nc(COc3ccccc3)n2c1. The first-order valence-corrected chi connectivity index (χ1v) is 7.46. The van der Waals surface area contributed by atoms with Gasteiger partial charge in [-0.25, -0.2) is 4.98 Å².